The topological polar surface area (TPSA) is 132 Å². The van der Waals surface area contributed by atoms with Crippen LogP contribution in [0.5, 0.6) is 11.5 Å². The Bertz CT molecular complexity index is 1010. The molecule has 0 aromatic heterocycles. The number of carbonyl (C=O) groups is 4. The van der Waals surface area contributed by atoms with Crippen LogP contribution in [0.3, 0.4) is 0 Å². The van der Waals surface area contributed by atoms with Gasteiger partial charge < -0.3 is 24.8 Å². The quantitative estimate of drug-likeness (QED) is 0.488. The Morgan fingerprint density at radius 2 is 1.64 bits per heavy atom. The minimum absolute atomic E-state index is 0.0643. The molecule has 2 rings (SSSR count). The summed E-state index contributed by atoms with van der Waals surface area (Å²) in [6.07, 6.45) is 0. The lowest BCUT2D eigenvalue weighted by molar-refractivity contribution is -0.123. The number of esters is 1. The van der Waals surface area contributed by atoms with Gasteiger partial charge in [-0.1, -0.05) is 0 Å². The van der Waals surface area contributed by atoms with Crippen molar-refractivity contribution in [3.8, 4) is 11.5 Å². The first kappa shape index (κ1) is 25.1. The van der Waals surface area contributed by atoms with Crippen LogP contribution in [0.4, 0.5) is 14.9 Å². The van der Waals surface area contributed by atoms with Gasteiger partial charge in [0.15, 0.2) is 24.7 Å². The van der Waals surface area contributed by atoms with Crippen LogP contribution < -0.4 is 25.4 Å². The summed E-state index contributed by atoms with van der Waals surface area (Å²) in [5.74, 6) is -2.19. The number of ether oxygens (including phenoxy) is 3. The van der Waals surface area contributed by atoms with Gasteiger partial charge in [-0.3, -0.25) is 14.9 Å². The Labute approximate surface area is 189 Å². The zero-order valence-electron chi connectivity index (χ0n) is 18.3. The maximum Gasteiger partial charge on any atom is 0.338 e. The van der Waals surface area contributed by atoms with Crippen molar-refractivity contribution in [2.45, 2.75) is 19.9 Å². The van der Waals surface area contributed by atoms with Gasteiger partial charge in [-0.25, -0.2) is 14.0 Å². The molecule has 11 heteroatoms. The second kappa shape index (κ2) is 12.0. The molecule has 2 aromatic rings. The molecule has 0 radical (unpaired) electrons. The summed E-state index contributed by atoms with van der Waals surface area (Å²) in [7, 11) is 1.34. The lowest BCUT2D eigenvalue weighted by Gasteiger charge is -2.12. The second-order valence-electron chi connectivity index (χ2n) is 6.96. The number of urea groups is 1. The van der Waals surface area contributed by atoms with E-state index in [-0.39, 0.29) is 29.7 Å². The summed E-state index contributed by atoms with van der Waals surface area (Å²) in [5.41, 5.74) is 0.468. The summed E-state index contributed by atoms with van der Waals surface area (Å²) in [6.45, 7) is 2.43. The average Bonchev–Trinajstić information content (AvgIpc) is 2.76. The standard InChI is InChI=1S/C22H24FN3O7/c1-13(2)24-22(30)26-20(28)12-33-21(29)14-4-9-17(18(10-14)31-3)32-11-19(27)25-16-7-5-15(23)6-8-16/h4-10,13H,11-12H2,1-3H3,(H,25,27)(H2,24,26,28,30). The third kappa shape index (κ3) is 8.48. The van der Waals surface area contributed by atoms with Gasteiger partial charge in [-0.2, -0.15) is 0 Å². The van der Waals surface area contributed by atoms with Crippen molar-refractivity contribution in [1.82, 2.24) is 10.6 Å². The maximum absolute atomic E-state index is 12.9. The Morgan fingerprint density at radius 1 is 0.939 bits per heavy atom. The number of anilines is 1. The normalized spacial score (nSPS) is 10.2. The molecule has 0 atom stereocenters. The van der Waals surface area contributed by atoms with Crippen molar-refractivity contribution in [3.05, 3.63) is 53.8 Å². The molecule has 2 aromatic carbocycles. The number of halogens is 1. The van der Waals surface area contributed by atoms with Crippen molar-refractivity contribution in [1.29, 1.82) is 0 Å². The van der Waals surface area contributed by atoms with E-state index in [1.54, 1.807) is 13.8 Å². The molecule has 0 aliphatic carbocycles. The highest BCUT2D eigenvalue weighted by Gasteiger charge is 2.16. The average molecular weight is 461 g/mol. The lowest BCUT2D eigenvalue weighted by atomic mass is 10.2. The van der Waals surface area contributed by atoms with Gasteiger partial charge in [0, 0.05) is 11.7 Å². The van der Waals surface area contributed by atoms with E-state index in [2.05, 4.69) is 10.6 Å². The predicted octanol–water partition coefficient (Wildman–Crippen LogP) is 2.24. The summed E-state index contributed by atoms with van der Waals surface area (Å²) in [6, 6.07) is 8.45. The first-order chi connectivity index (χ1) is 15.7. The molecule has 4 amide bonds. The van der Waals surface area contributed by atoms with E-state index in [0.717, 1.165) is 0 Å². The molecule has 33 heavy (non-hydrogen) atoms. The molecular formula is C22H24FN3O7. The van der Waals surface area contributed by atoms with Crippen LogP contribution in [0.1, 0.15) is 24.2 Å². The van der Waals surface area contributed by atoms with Gasteiger partial charge in [0.05, 0.1) is 12.7 Å². The summed E-state index contributed by atoms with van der Waals surface area (Å²) in [5, 5.41) is 7.04. The third-order valence-corrected chi connectivity index (χ3v) is 3.89. The number of hydrogen-bond acceptors (Lipinski definition) is 7. The molecule has 10 nitrogen and oxygen atoms in total. The van der Waals surface area contributed by atoms with Gasteiger partial charge in [0.1, 0.15) is 5.82 Å². The minimum Gasteiger partial charge on any atom is -0.493 e. The molecule has 0 bridgehead atoms. The SMILES string of the molecule is COc1cc(C(=O)OCC(=O)NC(=O)NC(C)C)ccc1OCC(=O)Nc1ccc(F)cc1. The highest BCUT2D eigenvalue weighted by Crippen LogP contribution is 2.28. The van der Waals surface area contributed by atoms with E-state index in [1.807, 2.05) is 5.32 Å². The zero-order valence-corrected chi connectivity index (χ0v) is 18.3. The molecule has 0 saturated heterocycles. The van der Waals surface area contributed by atoms with E-state index in [0.29, 0.717) is 5.69 Å². The fourth-order valence-electron chi connectivity index (χ4n) is 2.46. The first-order valence-electron chi connectivity index (χ1n) is 9.81. The van der Waals surface area contributed by atoms with Gasteiger partial charge in [-0.05, 0) is 56.3 Å². The Kier molecular flexibility index (Phi) is 9.16. The Hall–Kier alpha value is -4.15. The Morgan fingerprint density at radius 3 is 2.27 bits per heavy atom. The van der Waals surface area contributed by atoms with Crippen LogP contribution in [-0.2, 0) is 14.3 Å². The molecule has 0 saturated carbocycles. The van der Waals surface area contributed by atoms with Crippen LogP contribution >= 0.6 is 0 Å². The molecule has 0 spiro atoms. The smallest absolute Gasteiger partial charge is 0.338 e. The van der Waals surface area contributed by atoms with Gasteiger partial charge in [0.2, 0.25) is 0 Å². The second-order valence-corrected chi connectivity index (χ2v) is 6.96. The zero-order chi connectivity index (χ0) is 24.4. The molecule has 176 valence electrons. The van der Waals surface area contributed by atoms with Crippen LogP contribution in [-0.4, -0.2) is 50.2 Å². The highest BCUT2D eigenvalue weighted by atomic mass is 19.1. The number of nitrogens with one attached hydrogen (secondary N) is 3. The van der Waals surface area contributed by atoms with Crippen LogP contribution in [0.2, 0.25) is 0 Å². The summed E-state index contributed by atoms with van der Waals surface area (Å²) in [4.78, 5) is 47.4. The number of methoxy groups -OCH3 is 1. The molecular weight excluding hydrogens is 437 g/mol. The van der Waals surface area contributed by atoms with Crippen molar-refractivity contribution >= 4 is 29.5 Å². The van der Waals surface area contributed by atoms with Crippen LogP contribution in [0, 0.1) is 5.82 Å². The van der Waals surface area contributed by atoms with Gasteiger partial charge in [-0.15, -0.1) is 0 Å². The summed E-state index contributed by atoms with van der Waals surface area (Å²) >= 11 is 0. The molecule has 0 aliphatic rings. The number of benzene rings is 2. The van der Waals surface area contributed by atoms with E-state index in [1.165, 1.54) is 49.6 Å². The largest absolute Gasteiger partial charge is 0.493 e. The maximum atomic E-state index is 12.9. The molecule has 0 aliphatic heterocycles. The van der Waals surface area contributed by atoms with Crippen LogP contribution in [0.15, 0.2) is 42.5 Å². The number of carbonyl (C=O) groups excluding carboxylic acids is 4. The number of hydrogen-bond donors (Lipinski definition) is 3. The highest BCUT2D eigenvalue weighted by molar-refractivity contribution is 5.97. The fraction of sp³-hybridized carbons (Fsp3) is 0.273. The lowest BCUT2D eigenvalue weighted by Crippen LogP contribution is -2.44. The van der Waals surface area contributed by atoms with E-state index >= 15 is 0 Å². The molecule has 3 N–H and O–H groups in total. The third-order valence-electron chi connectivity index (χ3n) is 3.89. The van der Waals surface area contributed by atoms with Crippen molar-refractivity contribution in [3.63, 3.8) is 0 Å². The molecule has 0 unspecified atom stereocenters. The van der Waals surface area contributed by atoms with Gasteiger partial charge >= 0.3 is 12.0 Å². The van der Waals surface area contributed by atoms with Crippen molar-refractivity contribution in [2.24, 2.45) is 0 Å². The van der Waals surface area contributed by atoms with Gasteiger partial charge in [0.25, 0.3) is 11.8 Å². The molecule has 0 heterocycles. The number of imide groups is 1. The first-order valence-corrected chi connectivity index (χ1v) is 9.81. The van der Waals surface area contributed by atoms with E-state index in [9.17, 15) is 23.6 Å². The fourth-order valence-corrected chi connectivity index (χ4v) is 2.46. The molecule has 0 fully saturated rings. The number of rotatable bonds is 9. The van der Waals surface area contributed by atoms with Crippen LogP contribution in [0.25, 0.3) is 0 Å². The minimum atomic E-state index is -0.826. The van der Waals surface area contributed by atoms with E-state index in [4.69, 9.17) is 14.2 Å². The van der Waals surface area contributed by atoms with Crippen molar-refractivity contribution in [2.75, 3.05) is 25.6 Å². The van der Waals surface area contributed by atoms with Crippen molar-refractivity contribution < 1.29 is 37.8 Å². The predicted molar refractivity (Wildman–Crippen MR) is 116 cm³/mol. The summed E-state index contributed by atoms with van der Waals surface area (Å²) < 4.78 is 28.4. The Balaban J connectivity index is 1.89. The monoisotopic (exact) mass is 461 g/mol. The number of amides is 4. The van der Waals surface area contributed by atoms with E-state index < -0.39 is 36.2 Å².